The van der Waals surface area contributed by atoms with Crippen LogP contribution >= 0.6 is 0 Å². The second-order valence-electron chi connectivity index (χ2n) is 6.70. The Kier molecular flexibility index (Phi) is 4.20. The van der Waals surface area contributed by atoms with Crippen molar-refractivity contribution < 1.29 is 9.90 Å². The Morgan fingerprint density at radius 3 is 2.56 bits per heavy atom. The monoisotopic (exact) mass is 357 g/mol. The molecule has 4 aromatic rings. The molecule has 0 saturated heterocycles. The van der Waals surface area contributed by atoms with Crippen molar-refractivity contribution in [3.05, 3.63) is 89.1 Å². The van der Waals surface area contributed by atoms with E-state index in [2.05, 4.69) is 9.97 Å². The molecule has 0 spiro atoms. The zero-order chi connectivity index (χ0) is 19.0. The molecule has 27 heavy (non-hydrogen) atoms. The Labute approximate surface area is 157 Å². The summed E-state index contributed by atoms with van der Waals surface area (Å²) in [6, 6.07) is 13.4. The number of nitrogens with zero attached hydrogens (tertiary/aromatic N) is 3. The minimum Gasteiger partial charge on any atom is -0.507 e. The van der Waals surface area contributed by atoms with Crippen LogP contribution in [-0.2, 0) is 6.42 Å². The van der Waals surface area contributed by atoms with E-state index in [4.69, 9.17) is 0 Å². The first-order chi connectivity index (χ1) is 13.0. The van der Waals surface area contributed by atoms with Gasteiger partial charge in [-0.1, -0.05) is 30.3 Å². The smallest absolute Gasteiger partial charge is 0.281 e. The van der Waals surface area contributed by atoms with Gasteiger partial charge in [0.05, 0.1) is 5.52 Å². The number of benzene rings is 2. The van der Waals surface area contributed by atoms with Gasteiger partial charge in [-0.3, -0.25) is 9.36 Å². The van der Waals surface area contributed by atoms with E-state index < -0.39 is 0 Å². The van der Waals surface area contributed by atoms with Crippen LogP contribution in [0.4, 0.5) is 0 Å². The van der Waals surface area contributed by atoms with Crippen molar-refractivity contribution in [1.82, 2.24) is 14.5 Å². The van der Waals surface area contributed by atoms with Gasteiger partial charge in [-0.15, -0.1) is 0 Å². The summed E-state index contributed by atoms with van der Waals surface area (Å²) in [4.78, 5) is 20.9. The minimum absolute atomic E-state index is 0.182. The van der Waals surface area contributed by atoms with Crippen LogP contribution in [0.1, 0.15) is 32.7 Å². The topological polar surface area (TPSA) is 68.0 Å². The average Bonchev–Trinajstić information content (AvgIpc) is 3.05. The zero-order valence-corrected chi connectivity index (χ0v) is 15.2. The lowest BCUT2D eigenvalue weighted by atomic mass is 9.99. The summed E-state index contributed by atoms with van der Waals surface area (Å²) in [5.41, 5.74) is 5.06. The lowest BCUT2D eigenvalue weighted by Gasteiger charge is -2.07. The first-order valence-electron chi connectivity index (χ1n) is 8.73. The standard InChI is InChI=1S/C22H19N3O2/c1-14-9-16(10-15(2)21(14)26)11-17-12-25(20-6-4-3-5-18(17)20)22(27)19-7-8-23-13-24-19/h3-10,12-13,26H,11H2,1-2H3. The Hall–Kier alpha value is -3.47. The highest BCUT2D eigenvalue weighted by Crippen LogP contribution is 2.28. The quantitative estimate of drug-likeness (QED) is 0.601. The van der Waals surface area contributed by atoms with E-state index >= 15 is 0 Å². The third-order valence-corrected chi connectivity index (χ3v) is 4.76. The third kappa shape index (κ3) is 3.08. The largest absolute Gasteiger partial charge is 0.507 e. The maximum Gasteiger partial charge on any atom is 0.281 e. The van der Waals surface area contributed by atoms with Gasteiger partial charge in [0, 0.05) is 17.8 Å². The molecule has 0 aliphatic carbocycles. The van der Waals surface area contributed by atoms with Crippen molar-refractivity contribution in [3.8, 4) is 5.75 Å². The second-order valence-corrected chi connectivity index (χ2v) is 6.70. The number of aromatic hydroxyl groups is 1. The van der Waals surface area contributed by atoms with E-state index in [-0.39, 0.29) is 5.91 Å². The number of aryl methyl sites for hydroxylation is 2. The van der Waals surface area contributed by atoms with Gasteiger partial charge >= 0.3 is 0 Å². The van der Waals surface area contributed by atoms with Gasteiger partial charge in [0.2, 0.25) is 0 Å². The summed E-state index contributed by atoms with van der Waals surface area (Å²) < 4.78 is 1.65. The van der Waals surface area contributed by atoms with Crippen LogP contribution in [0.15, 0.2) is 61.2 Å². The molecule has 2 heterocycles. The molecule has 0 fully saturated rings. The van der Waals surface area contributed by atoms with Gasteiger partial charge in [-0.2, -0.15) is 0 Å². The summed E-state index contributed by atoms with van der Waals surface area (Å²) in [6.45, 7) is 3.79. The Morgan fingerprint density at radius 1 is 1.11 bits per heavy atom. The van der Waals surface area contributed by atoms with E-state index in [0.717, 1.165) is 33.2 Å². The van der Waals surface area contributed by atoms with Crippen LogP contribution in [0.3, 0.4) is 0 Å². The number of hydrogen-bond donors (Lipinski definition) is 1. The normalized spacial score (nSPS) is 11.0. The van der Waals surface area contributed by atoms with Gasteiger partial charge in [0.25, 0.3) is 5.91 Å². The predicted molar refractivity (Wildman–Crippen MR) is 104 cm³/mol. The van der Waals surface area contributed by atoms with Crippen LogP contribution in [0, 0.1) is 13.8 Å². The van der Waals surface area contributed by atoms with Crippen LogP contribution in [0.2, 0.25) is 0 Å². The molecule has 2 aromatic carbocycles. The van der Waals surface area contributed by atoms with Crippen molar-refractivity contribution in [1.29, 1.82) is 0 Å². The molecule has 0 aliphatic heterocycles. The van der Waals surface area contributed by atoms with Crippen LogP contribution in [-0.4, -0.2) is 25.5 Å². The fourth-order valence-electron chi connectivity index (χ4n) is 3.47. The van der Waals surface area contributed by atoms with Gasteiger partial charge < -0.3 is 5.11 Å². The summed E-state index contributed by atoms with van der Waals surface area (Å²) in [5.74, 6) is 0.151. The molecule has 0 radical (unpaired) electrons. The highest BCUT2D eigenvalue weighted by Gasteiger charge is 2.16. The summed E-state index contributed by atoms with van der Waals surface area (Å²) in [7, 11) is 0. The predicted octanol–water partition coefficient (Wildman–Crippen LogP) is 4.03. The first kappa shape index (κ1) is 17.0. The molecule has 0 amide bonds. The lowest BCUT2D eigenvalue weighted by Crippen LogP contribution is -2.12. The Bertz CT molecular complexity index is 1120. The van der Waals surface area contributed by atoms with E-state index in [1.165, 1.54) is 6.33 Å². The number of carbonyl (C=O) groups excluding carboxylic acids is 1. The summed E-state index contributed by atoms with van der Waals surface area (Å²) >= 11 is 0. The number of fused-ring (bicyclic) bond motifs is 1. The fourth-order valence-corrected chi connectivity index (χ4v) is 3.47. The number of para-hydroxylation sites is 1. The Balaban J connectivity index is 1.80. The van der Waals surface area contributed by atoms with Crippen molar-refractivity contribution in [2.75, 3.05) is 0 Å². The molecule has 0 saturated carbocycles. The van der Waals surface area contributed by atoms with Crippen molar-refractivity contribution >= 4 is 16.8 Å². The molecule has 2 aromatic heterocycles. The highest BCUT2D eigenvalue weighted by molar-refractivity contribution is 6.01. The maximum absolute atomic E-state index is 12.9. The molecule has 0 unspecified atom stereocenters. The van der Waals surface area contributed by atoms with Gasteiger partial charge in [0.15, 0.2) is 0 Å². The minimum atomic E-state index is -0.182. The molecule has 134 valence electrons. The number of carbonyl (C=O) groups is 1. The molecule has 1 N–H and O–H groups in total. The van der Waals surface area contributed by atoms with E-state index in [1.807, 2.05) is 56.4 Å². The van der Waals surface area contributed by atoms with E-state index in [1.54, 1.807) is 16.8 Å². The van der Waals surface area contributed by atoms with Crippen LogP contribution in [0.25, 0.3) is 10.9 Å². The number of rotatable bonds is 3. The fraction of sp³-hybridized carbons (Fsp3) is 0.136. The third-order valence-electron chi connectivity index (χ3n) is 4.76. The van der Waals surface area contributed by atoms with Gasteiger partial charge in [-0.05, 0) is 54.7 Å². The first-order valence-corrected chi connectivity index (χ1v) is 8.73. The van der Waals surface area contributed by atoms with E-state index in [9.17, 15) is 9.90 Å². The molecule has 4 rings (SSSR count). The molecule has 5 heteroatoms. The number of phenols is 1. The van der Waals surface area contributed by atoms with Crippen LogP contribution < -0.4 is 0 Å². The molecule has 0 aliphatic rings. The van der Waals surface area contributed by atoms with Crippen LogP contribution in [0.5, 0.6) is 5.75 Å². The van der Waals surface area contributed by atoms with Crippen molar-refractivity contribution in [2.45, 2.75) is 20.3 Å². The molecule has 5 nitrogen and oxygen atoms in total. The van der Waals surface area contributed by atoms with Gasteiger partial charge in [0.1, 0.15) is 17.8 Å². The van der Waals surface area contributed by atoms with Crippen molar-refractivity contribution in [3.63, 3.8) is 0 Å². The number of phenolic OH excluding ortho intramolecular Hbond substituents is 1. The average molecular weight is 357 g/mol. The van der Waals surface area contributed by atoms with E-state index in [0.29, 0.717) is 17.9 Å². The molecule has 0 bridgehead atoms. The number of aromatic nitrogens is 3. The zero-order valence-electron chi connectivity index (χ0n) is 15.2. The summed E-state index contributed by atoms with van der Waals surface area (Å²) in [6.07, 6.45) is 5.50. The Morgan fingerprint density at radius 2 is 1.85 bits per heavy atom. The molecular formula is C22H19N3O2. The molecule has 0 atom stereocenters. The SMILES string of the molecule is Cc1cc(Cc2cn(C(=O)c3ccncn3)c3ccccc23)cc(C)c1O. The lowest BCUT2D eigenvalue weighted by molar-refractivity contribution is 0.0959. The van der Waals surface area contributed by atoms with Crippen molar-refractivity contribution in [2.24, 2.45) is 0 Å². The van der Waals surface area contributed by atoms with Gasteiger partial charge in [-0.25, -0.2) is 9.97 Å². The summed E-state index contributed by atoms with van der Waals surface area (Å²) in [5, 5.41) is 11.0. The highest BCUT2D eigenvalue weighted by atomic mass is 16.3. The molecular weight excluding hydrogens is 338 g/mol. The number of hydrogen-bond acceptors (Lipinski definition) is 4. The maximum atomic E-state index is 12.9. The second kappa shape index (κ2) is 6.68.